The van der Waals surface area contributed by atoms with E-state index in [1.54, 1.807) is 24.3 Å². The first-order valence-electron chi connectivity index (χ1n) is 7.27. The van der Waals surface area contributed by atoms with Crippen LogP contribution in [-0.4, -0.2) is 12.5 Å². The van der Waals surface area contributed by atoms with Crippen LogP contribution in [0.25, 0.3) is 10.8 Å². The molecular weight excluding hydrogens is 286 g/mol. The number of nitrogens with zero attached hydrogens (tertiary/aromatic N) is 1. The van der Waals surface area contributed by atoms with Gasteiger partial charge in [-0.1, -0.05) is 30.3 Å². The van der Waals surface area contributed by atoms with Gasteiger partial charge in [-0.2, -0.15) is 5.26 Å². The number of rotatable bonds is 4. The van der Waals surface area contributed by atoms with Crippen molar-refractivity contribution in [2.75, 3.05) is 17.2 Å². The zero-order chi connectivity index (χ0) is 16.1. The summed E-state index contributed by atoms with van der Waals surface area (Å²) in [6.07, 6.45) is 0. The number of carbonyl (C=O) groups is 1. The van der Waals surface area contributed by atoms with Gasteiger partial charge < -0.3 is 10.6 Å². The first kappa shape index (κ1) is 14.6. The van der Waals surface area contributed by atoms with Crippen molar-refractivity contribution in [2.24, 2.45) is 0 Å². The summed E-state index contributed by atoms with van der Waals surface area (Å²) < 4.78 is 0. The lowest BCUT2D eigenvalue weighted by molar-refractivity contribution is -0.114. The molecule has 112 valence electrons. The molecule has 0 radical (unpaired) electrons. The molecule has 0 aliphatic heterocycles. The van der Waals surface area contributed by atoms with Crippen LogP contribution in [0.4, 0.5) is 11.4 Å². The zero-order valence-corrected chi connectivity index (χ0v) is 12.4. The topological polar surface area (TPSA) is 64.9 Å². The van der Waals surface area contributed by atoms with E-state index in [9.17, 15) is 4.79 Å². The van der Waals surface area contributed by atoms with Gasteiger partial charge >= 0.3 is 0 Å². The van der Waals surface area contributed by atoms with Gasteiger partial charge in [0.25, 0.3) is 0 Å². The lowest BCUT2D eigenvalue weighted by Gasteiger charge is -2.09. The van der Waals surface area contributed by atoms with Crippen LogP contribution in [-0.2, 0) is 4.79 Å². The summed E-state index contributed by atoms with van der Waals surface area (Å²) in [5, 5.41) is 16.9. The number of nitrogens with one attached hydrogen (secondary N) is 2. The zero-order valence-electron chi connectivity index (χ0n) is 12.4. The van der Waals surface area contributed by atoms with Crippen molar-refractivity contribution in [3.63, 3.8) is 0 Å². The molecule has 0 atom stereocenters. The summed E-state index contributed by atoms with van der Waals surface area (Å²) in [5.74, 6) is -0.136. The van der Waals surface area contributed by atoms with E-state index in [4.69, 9.17) is 5.26 Å². The van der Waals surface area contributed by atoms with Crippen molar-refractivity contribution >= 4 is 28.1 Å². The molecule has 0 aliphatic rings. The Hall–Kier alpha value is -3.32. The predicted molar refractivity (Wildman–Crippen MR) is 92.2 cm³/mol. The SMILES string of the molecule is N#Cc1ccc(NC(=O)CNc2ccc3ccccc3c2)cc1. The molecule has 3 aromatic carbocycles. The fourth-order valence-electron chi connectivity index (χ4n) is 2.31. The lowest BCUT2D eigenvalue weighted by atomic mass is 10.1. The van der Waals surface area contributed by atoms with E-state index in [0.717, 1.165) is 11.1 Å². The summed E-state index contributed by atoms with van der Waals surface area (Å²) in [6, 6.07) is 22.9. The van der Waals surface area contributed by atoms with Crippen LogP contribution in [0.1, 0.15) is 5.56 Å². The van der Waals surface area contributed by atoms with Crippen LogP contribution in [0.2, 0.25) is 0 Å². The first-order valence-corrected chi connectivity index (χ1v) is 7.27. The van der Waals surface area contributed by atoms with Crippen LogP contribution < -0.4 is 10.6 Å². The number of fused-ring (bicyclic) bond motifs is 1. The quantitative estimate of drug-likeness (QED) is 0.771. The molecule has 0 unspecified atom stereocenters. The molecule has 4 heteroatoms. The van der Waals surface area contributed by atoms with E-state index in [0.29, 0.717) is 11.3 Å². The normalized spacial score (nSPS) is 10.0. The standard InChI is InChI=1S/C19H15N3O/c20-12-14-5-8-17(9-6-14)22-19(23)13-21-18-10-7-15-3-1-2-4-16(15)11-18/h1-11,21H,13H2,(H,22,23). The van der Waals surface area contributed by atoms with Gasteiger partial charge in [-0.25, -0.2) is 0 Å². The van der Waals surface area contributed by atoms with Gasteiger partial charge in [-0.3, -0.25) is 4.79 Å². The summed E-state index contributed by atoms with van der Waals surface area (Å²) in [7, 11) is 0. The minimum absolute atomic E-state index is 0.136. The fourth-order valence-corrected chi connectivity index (χ4v) is 2.31. The summed E-state index contributed by atoms with van der Waals surface area (Å²) in [4.78, 5) is 12.0. The third-order valence-electron chi connectivity index (χ3n) is 3.50. The number of anilines is 2. The van der Waals surface area contributed by atoms with E-state index in [-0.39, 0.29) is 12.5 Å². The fraction of sp³-hybridized carbons (Fsp3) is 0.0526. The van der Waals surface area contributed by atoms with Crippen molar-refractivity contribution in [3.8, 4) is 6.07 Å². The van der Waals surface area contributed by atoms with E-state index < -0.39 is 0 Å². The molecule has 23 heavy (non-hydrogen) atoms. The Labute approximate surface area is 134 Å². The van der Waals surface area contributed by atoms with Crippen molar-refractivity contribution in [2.45, 2.75) is 0 Å². The summed E-state index contributed by atoms with van der Waals surface area (Å²) in [5.41, 5.74) is 2.14. The molecule has 0 heterocycles. The second-order valence-corrected chi connectivity index (χ2v) is 5.15. The Morgan fingerprint density at radius 1 is 0.913 bits per heavy atom. The molecule has 3 aromatic rings. The molecule has 0 aromatic heterocycles. The minimum atomic E-state index is -0.136. The van der Waals surface area contributed by atoms with Gasteiger partial charge in [0.2, 0.25) is 5.91 Å². The number of benzene rings is 3. The minimum Gasteiger partial charge on any atom is -0.376 e. The molecular formula is C19H15N3O. The Balaban J connectivity index is 1.60. The molecule has 4 nitrogen and oxygen atoms in total. The van der Waals surface area contributed by atoms with Gasteiger partial charge in [0.05, 0.1) is 18.2 Å². The van der Waals surface area contributed by atoms with Crippen LogP contribution in [0.5, 0.6) is 0 Å². The monoisotopic (exact) mass is 301 g/mol. The van der Waals surface area contributed by atoms with Crippen LogP contribution in [0, 0.1) is 11.3 Å². The van der Waals surface area contributed by atoms with Gasteiger partial charge in [-0.05, 0) is 47.2 Å². The number of amides is 1. The first-order chi connectivity index (χ1) is 11.2. The highest BCUT2D eigenvalue weighted by Crippen LogP contribution is 2.18. The highest BCUT2D eigenvalue weighted by molar-refractivity contribution is 5.94. The third-order valence-corrected chi connectivity index (χ3v) is 3.50. The maximum absolute atomic E-state index is 12.0. The smallest absolute Gasteiger partial charge is 0.243 e. The molecule has 0 saturated heterocycles. The van der Waals surface area contributed by atoms with E-state index in [2.05, 4.69) is 16.7 Å². The second kappa shape index (κ2) is 6.63. The molecule has 0 fully saturated rings. The Morgan fingerprint density at radius 3 is 2.35 bits per heavy atom. The maximum Gasteiger partial charge on any atom is 0.243 e. The average molecular weight is 301 g/mol. The molecule has 2 N–H and O–H groups in total. The van der Waals surface area contributed by atoms with E-state index >= 15 is 0 Å². The van der Waals surface area contributed by atoms with E-state index in [1.807, 2.05) is 42.5 Å². The molecule has 3 rings (SSSR count). The van der Waals surface area contributed by atoms with Crippen LogP contribution in [0.15, 0.2) is 66.7 Å². The Morgan fingerprint density at radius 2 is 1.61 bits per heavy atom. The van der Waals surface area contributed by atoms with Gasteiger partial charge in [0.15, 0.2) is 0 Å². The lowest BCUT2D eigenvalue weighted by Crippen LogP contribution is -2.21. The molecule has 0 bridgehead atoms. The Kier molecular flexibility index (Phi) is 4.21. The number of nitriles is 1. The predicted octanol–water partition coefficient (Wildman–Crippen LogP) is 3.76. The highest BCUT2D eigenvalue weighted by Gasteiger charge is 2.03. The highest BCUT2D eigenvalue weighted by atomic mass is 16.1. The van der Waals surface area contributed by atoms with Gasteiger partial charge in [0.1, 0.15) is 0 Å². The largest absolute Gasteiger partial charge is 0.376 e. The molecule has 0 spiro atoms. The molecule has 0 saturated carbocycles. The van der Waals surface area contributed by atoms with Crippen molar-refractivity contribution in [1.29, 1.82) is 5.26 Å². The van der Waals surface area contributed by atoms with Gasteiger partial charge in [0, 0.05) is 11.4 Å². The summed E-state index contributed by atoms with van der Waals surface area (Å²) >= 11 is 0. The average Bonchev–Trinajstić information content (AvgIpc) is 2.60. The number of hydrogen-bond acceptors (Lipinski definition) is 3. The maximum atomic E-state index is 12.0. The van der Waals surface area contributed by atoms with Crippen LogP contribution in [0.3, 0.4) is 0 Å². The molecule has 0 aliphatic carbocycles. The van der Waals surface area contributed by atoms with Crippen molar-refractivity contribution in [3.05, 3.63) is 72.3 Å². The molecule has 1 amide bonds. The van der Waals surface area contributed by atoms with E-state index in [1.165, 1.54) is 5.39 Å². The summed E-state index contributed by atoms with van der Waals surface area (Å²) in [6.45, 7) is 0.179. The van der Waals surface area contributed by atoms with Crippen molar-refractivity contribution < 1.29 is 4.79 Å². The van der Waals surface area contributed by atoms with Crippen molar-refractivity contribution in [1.82, 2.24) is 0 Å². The van der Waals surface area contributed by atoms with Crippen LogP contribution >= 0.6 is 0 Å². The number of carbonyl (C=O) groups excluding carboxylic acids is 1. The van der Waals surface area contributed by atoms with Gasteiger partial charge in [-0.15, -0.1) is 0 Å². The second-order valence-electron chi connectivity index (χ2n) is 5.15. The third kappa shape index (κ3) is 3.66. The number of hydrogen-bond donors (Lipinski definition) is 2. The Bertz CT molecular complexity index is 879.